The predicted octanol–water partition coefficient (Wildman–Crippen LogP) is 4.98. The van der Waals surface area contributed by atoms with E-state index in [4.69, 9.17) is 9.47 Å². The van der Waals surface area contributed by atoms with Gasteiger partial charge in [-0.25, -0.2) is 0 Å². The van der Waals surface area contributed by atoms with Crippen molar-refractivity contribution in [1.82, 2.24) is 0 Å². The van der Waals surface area contributed by atoms with Gasteiger partial charge in [-0.3, -0.25) is 0 Å². The van der Waals surface area contributed by atoms with Crippen LogP contribution in [0.15, 0.2) is 48.1 Å². The molecule has 0 fully saturated rings. The summed E-state index contributed by atoms with van der Waals surface area (Å²) >= 11 is 0. The Morgan fingerprint density at radius 2 is 1.87 bits per heavy atom. The molecule has 0 heterocycles. The van der Waals surface area contributed by atoms with Gasteiger partial charge in [-0.1, -0.05) is 36.0 Å². The van der Waals surface area contributed by atoms with E-state index in [1.807, 2.05) is 25.1 Å². The Kier molecular flexibility index (Phi) is 9.22. The van der Waals surface area contributed by atoms with E-state index < -0.39 is 0 Å². The highest BCUT2D eigenvalue weighted by molar-refractivity contribution is 5.59. The van der Waals surface area contributed by atoms with Crippen molar-refractivity contribution >= 4 is 12.4 Å². The largest absolute Gasteiger partial charge is 0.497 e. The lowest BCUT2D eigenvalue weighted by Gasteiger charge is -2.06. The summed E-state index contributed by atoms with van der Waals surface area (Å²) in [5.41, 5.74) is 2.24. The zero-order chi connectivity index (χ0) is 16.9. The van der Waals surface area contributed by atoms with Crippen molar-refractivity contribution in [2.75, 3.05) is 14.2 Å². The minimum Gasteiger partial charge on any atom is -0.497 e. The number of carbonyl (C=O) groups is 1. The molecule has 23 heavy (non-hydrogen) atoms. The minimum absolute atomic E-state index is 0.598. The number of rotatable bonds is 10. The summed E-state index contributed by atoms with van der Waals surface area (Å²) in [5.74, 6) is 1.66. The second kappa shape index (κ2) is 11.3. The molecule has 0 N–H and O–H groups in total. The Morgan fingerprint density at radius 1 is 1.09 bits per heavy atom. The van der Waals surface area contributed by atoms with E-state index in [9.17, 15) is 4.79 Å². The molecule has 0 aliphatic carbocycles. The summed E-state index contributed by atoms with van der Waals surface area (Å²) in [7, 11) is 3.33. The molecule has 0 spiro atoms. The number of aldehydes is 1. The maximum absolute atomic E-state index is 10.3. The second-order valence-electron chi connectivity index (χ2n) is 5.23. The molecule has 0 aliphatic rings. The third-order valence-corrected chi connectivity index (χ3v) is 3.41. The van der Waals surface area contributed by atoms with Gasteiger partial charge in [-0.05, 0) is 44.4 Å². The minimum atomic E-state index is 0.598. The summed E-state index contributed by atoms with van der Waals surface area (Å²) in [6, 6.07) is 5.76. The standard InChI is InChI=1S/C20H26O3/c1-17(11-9-15-21)10-7-5-4-6-8-12-18-16-19(22-2)13-14-20(18)23-3/h5,7-8,10,12-16H,4,6,9,11H2,1-3H3/b7-5+,12-8-,17-10+. The fourth-order valence-corrected chi connectivity index (χ4v) is 2.07. The van der Waals surface area contributed by atoms with Gasteiger partial charge in [0.15, 0.2) is 0 Å². The van der Waals surface area contributed by atoms with Gasteiger partial charge in [-0.15, -0.1) is 0 Å². The van der Waals surface area contributed by atoms with Crippen molar-refractivity contribution in [2.24, 2.45) is 0 Å². The molecule has 3 nitrogen and oxygen atoms in total. The van der Waals surface area contributed by atoms with Crippen molar-refractivity contribution < 1.29 is 14.3 Å². The zero-order valence-electron chi connectivity index (χ0n) is 14.2. The number of ether oxygens (including phenoxy) is 2. The van der Waals surface area contributed by atoms with Crippen LogP contribution in [0.2, 0.25) is 0 Å². The fourth-order valence-electron chi connectivity index (χ4n) is 2.07. The fraction of sp³-hybridized carbons (Fsp3) is 0.350. The molecule has 1 aromatic carbocycles. The summed E-state index contributed by atoms with van der Waals surface area (Å²) in [5, 5.41) is 0. The van der Waals surface area contributed by atoms with Gasteiger partial charge in [-0.2, -0.15) is 0 Å². The van der Waals surface area contributed by atoms with Gasteiger partial charge < -0.3 is 14.3 Å². The number of hydrogen-bond acceptors (Lipinski definition) is 3. The van der Waals surface area contributed by atoms with Gasteiger partial charge >= 0.3 is 0 Å². The molecule has 1 aromatic rings. The molecule has 0 aliphatic heterocycles. The van der Waals surface area contributed by atoms with Crippen molar-refractivity contribution in [1.29, 1.82) is 0 Å². The van der Waals surface area contributed by atoms with E-state index in [1.54, 1.807) is 14.2 Å². The zero-order valence-corrected chi connectivity index (χ0v) is 14.2. The van der Waals surface area contributed by atoms with E-state index in [0.29, 0.717) is 6.42 Å². The SMILES string of the molecule is COc1ccc(OC)c(/C=C\CC/C=C/C=C(\C)CCC=O)c1. The number of benzene rings is 1. The van der Waals surface area contributed by atoms with Gasteiger partial charge in [0.25, 0.3) is 0 Å². The molecule has 0 amide bonds. The van der Waals surface area contributed by atoms with Crippen LogP contribution in [0.3, 0.4) is 0 Å². The Labute approximate surface area is 139 Å². The van der Waals surface area contributed by atoms with Crippen LogP contribution in [-0.4, -0.2) is 20.5 Å². The molecule has 124 valence electrons. The molecule has 3 heteroatoms. The van der Waals surface area contributed by atoms with Gasteiger partial charge in [0.1, 0.15) is 17.8 Å². The number of allylic oxidation sites excluding steroid dienone is 5. The first-order valence-corrected chi connectivity index (χ1v) is 7.85. The summed E-state index contributed by atoms with van der Waals surface area (Å²) < 4.78 is 10.6. The van der Waals surface area contributed by atoms with E-state index in [-0.39, 0.29) is 0 Å². The van der Waals surface area contributed by atoms with Crippen LogP contribution < -0.4 is 9.47 Å². The van der Waals surface area contributed by atoms with Crippen LogP contribution in [0.5, 0.6) is 11.5 Å². The van der Waals surface area contributed by atoms with Gasteiger partial charge in [0.05, 0.1) is 14.2 Å². The maximum Gasteiger partial charge on any atom is 0.126 e. The van der Waals surface area contributed by atoms with Crippen LogP contribution >= 0.6 is 0 Å². The van der Waals surface area contributed by atoms with Crippen LogP contribution in [0.25, 0.3) is 6.08 Å². The molecule has 0 unspecified atom stereocenters. The quantitative estimate of drug-likeness (QED) is 0.347. The molecule has 1 rings (SSSR count). The van der Waals surface area contributed by atoms with Gasteiger partial charge in [0, 0.05) is 12.0 Å². The van der Waals surface area contributed by atoms with Crippen molar-refractivity contribution in [3.63, 3.8) is 0 Å². The normalized spacial score (nSPS) is 12.0. The molecule has 0 saturated carbocycles. The Morgan fingerprint density at radius 3 is 2.57 bits per heavy atom. The lowest BCUT2D eigenvalue weighted by atomic mass is 10.1. The molecular formula is C20H26O3. The average molecular weight is 314 g/mol. The monoisotopic (exact) mass is 314 g/mol. The molecule has 0 atom stereocenters. The van der Waals surface area contributed by atoms with Gasteiger partial charge in [0.2, 0.25) is 0 Å². The number of methoxy groups -OCH3 is 2. The summed E-state index contributed by atoms with van der Waals surface area (Å²) in [6.07, 6.45) is 14.8. The first kappa shape index (κ1) is 18.8. The second-order valence-corrected chi connectivity index (χ2v) is 5.23. The molecule has 0 bridgehead atoms. The molecule has 0 saturated heterocycles. The highest BCUT2D eigenvalue weighted by atomic mass is 16.5. The molecule has 0 aromatic heterocycles. The third-order valence-electron chi connectivity index (χ3n) is 3.41. The van der Waals surface area contributed by atoms with Crippen LogP contribution in [0.1, 0.15) is 38.2 Å². The number of carbonyl (C=O) groups excluding carboxylic acids is 1. The highest BCUT2D eigenvalue weighted by Crippen LogP contribution is 2.25. The summed E-state index contributed by atoms with van der Waals surface area (Å²) in [6.45, 7) is 2.04. The first-order chi connectivity index (χ1) is 11.2. The lowest BCUT2D eigenvalue weighted by molar-refractivity contribution is -0.107. The molecule has 0 radical (unpaired) electrons. The Balaban J connectivity index is 2.46. The summed E-state index contributed by atoms with van der Waals surface area (Å²) in [4.78, 5) is 10.3. The van der Waals surface area contributed by atoms with Crippen molar-refractivity contribution in [3.05, 3.63) is 53.6 Å². The first-order valence-electron chi connectivity index (χ1n) is 7.85. The van der Waals surface area contributed by atoms with E-state index in [2.05, 4.69) is 30.4 Å². The number of hydrogen-bond donors (Lipinski definition) is 0. The predicted molar refractivity (Wildman–Crippen MR) is 96.0 cm³/mol. The smallest absolute Gasteiger partial charge is 0.126 e. The highest BCUT2D eigenvalue weighted by Gasteiger charge is 2.01. The Hall–Kier alpha value is -2.29. The van der Waals surface area contributed by atoms with Crippen molar-refractivity contribution in [2.45, 2.75) is 32.6 Å². The van der Waals surface area contributed by atoms with E-state index in [0.717, 1.165) is 42.6 Å². The van der Waals surface area contributed by atoms with Crippen LogP contribution in [0, 0.1) is 0 Å². The maximum atomic E-state index is 10.3. The van der Waals surface area contributed by atoms with E-state index >= 15 is 0 Å². The third kappa shape index (κ3) is 7.50. The molecular weight excluding hydrogens is 288 g/mol. The number of unbranched alkanes of at least 4 members (excludes halogenated alkanes) is 1. The van der Waals surface area contributed by atoms with Crippen LogP contribution in [-0.2, 0) is 4.79 Å². The Bertz CT molecular complexity index is 568. The topological polar surface area (TPSA) is 35.5 Å². The van der Waals surface area contributed by atoms with Crippen molar-refractivity contribution in [3.8, 4) is 11.5 Å². The van der Waals surface area contributed by atoms with E-state index in [1.165, 1.54) is 5.57 Å². The lowest BCUT2D eigenvalue weighted by Crippen LogP contribution is -1.89. The average Bonchev–Trinajstić information content (AvgIpc) is 2.58. The van der Waals surface area contributed by atoms with Crippen LogP contribution in [0.4, 0.5) is 0 Å².